The number of ether oxygens (including phenoxy) is 3. The summed E-state index contributed by atoms with van der Waals surface area (Å²) in [4.78, 5) is 27.0. The van der Waals surface area contributed by atoms with Crippen LogP contribution in [0, 0.1) is 0 Å². The van der Waals surface area contributed by atoms with Crippen molar-refractivity contribution in [3.05, 3.63) is 75.7 Å². The molecule has 0 saturated heterocycles. The van der Waals surface area contributed by atoms with Gasteiger partial charge >= 0.3 is 5.97 Å². The maximum atomic E-state index is 12.4. The van der Waals surface area contributed by atoms with Crippen LogP contribution in [0.3, 0.4) is 0 Å². The topological polar surface area (TPSA) is 115 Å². The van der Waals surface area contributed by atoms with Gasteiger partial charge in [-0.05, 0) is 48.9 Å². The molecule has 1 aromatic heterocycles. The van der Waals surface area contributed by atoms with Crippen LogP contribution >= 0.6 is 0 Å². The van der Waals surface area contributed by atoms with Crippen LogP contribution in [0.1, 0.15) is 28.5 Å². The lowest BCUT2D eigenvalue weighted by Gasteiger charge is -2.08. The van der Waals surface area contributed by atoms with Crippen LogP contribution in [0.2, 0.25) is 0 Å². The maximum Gasteiger partial charge on any atom is 0.338 e. The fraction of sp³-hybridized carbons (Fsp3) is 0.273. The molecule has 0 radical (unpaired) electrons. The molecule has 0 amide bonds. The van der Waals surface area contributed by atoms with Crippen molar-refractivity contribution in [2.24, 2.45) is 0 Å². The quantitative estimate of drug-likeness (QED) is 0.377. The molecule has 0 atom stereocenters. The summed E-state index contributed by atoms with van der Waals surface area (Å²) in [7, 11) is 1.60. The smallest absolute Gasteiger partial charge is 0.338 e. The molecule has 0 aliphatic rings. The van der Waals surface area contributed by atoms with Crippen molar-refractivity contribution in [1.29, 1.82) is 0 Å². The van der Waals surface area contributed by atoms with Crippen LogP contribution in [0.5, 0.6) is 5.75 Å². The van der Waals surface area contributed by atoms with Gasteiger partial charge in [0.2, 0.25) is 5.95 Å². The molecular weight excluding hydrogens is 400 g/mol. The van der Waals surface area contributed by atoms with Gasteiger partial charge in [0.25, 0.3) is 5.56 Å². The lowest BCUT2D eigenvalue weighted by Crippen LogP contribution is -2.18. The molecule has 2 N–H and O–H groups in total. The average Bonchev–Trinajstić information content (AvgIpc) is 2.79. The van der Waals surface area contributed by atoms with E-state index < -0.39 is 5.97 Å². The summed E-state index contributed by atoms with van der Waals surface area (Å²) in [6, 6.07) is 14.0. The van der Waals surface area contributed by atoms with E-state index in [0.717, 1.165) is 11.3 Å². The molecule has 31 heavy (non-hydrogen) atoms. The Morgan fingerprint density at radius 2 is 1.77 bits per heavy atom. The molecule has 0 unspecified atom stereocenters. The first-order valence-electron chi connectivity index (χ1n) is 9.79. The van der Waals surface area contributed by atoms with Gasteiger partial charge in [-0.25, -0.2) is 4.79 Å². The third kappa shape index (κ3) is 6.38. The van der Waals surface area contributed by atoms with Crippen LogP contribution in [-0.4, -0.2) is 48.1 Å². The van der Waals surface area contributed by atoms with E-state index in [9.17, 15) is 9.59 Å². The monoisotopic (exact) mass is 424 g/mol. The Balaban J connectivity index is 1.59. The number of carbonyl (C=O) groups excluding carboxylic acids is 1. The average molecular weight is 424 g/mol. The Morgan fingerprint density at radius 3 is 2.42 bits per heavy atom. The second-order valence-electron chi connectivity index (χ2n) is 6.51. The molecule has 162 valence electrons. The minimum absolute atomic E-state index is 0.201. The summed E-state index contributed by atoms with van der Waals surface area (Å²) in [6.45, 7) is 3.01. The molecule has 3 rings (SSSR count). The molecule has 0 fully saturated rings. The third-order valence-electron chi connectivity index (χ3n) is 4.34. The van der Waals surface area contributed by atoms with Crippen molar-refractivity contribution in [2.45, 2.75) is 13.3 Å². The highest BCUT2D eigenvalue weighted by atomic mass is 16.6. The molecule has 3 aromatic rings. The molecule has 1 heterocycles. The van der Waals surface area contributed by atoms with Gasteiger partial charge in [-0.3, -0.25) is 9.78 Å². The van der Waals surface area contributed by atoms with E-state index in [1.54, 1.807) is 31.4 Å². The lowest BCUT2D eigenvalue weighted by atomic mass is 10.1. The van der Waals surface area contributed by atoms with Gasteiger partial charge in [0.1, 0.15) is 18.1 Å². The normalized spacial score (nSPS) is 10.5. The van der Waals surface area contributed by atoms with Crippen molar-refractivity contribution in [3.8, 4) is 5.75 Å². The molecule has 0 aliphatic carbocycles. The van der Waals surface area contributed by atoms with Gasteiger partial charge in [-0.15, -0.1) is 10.2 Å². The van der Waals surface area contributed by atoms with Gasteiger partial charge in [-0.1, -0.05) is 12.1 Å². The van der Waals surface area contributed by atoms with E-state index in [-0.39, 0.29) is 18.1 Å². The zero-order valence-electron chi connectivity index (χ0n) is 17.4. The molecule has 9 nitrogen and oxygen atoms in total. The number of aromatic amines is 1. The summed E-state index contributed by atoms with van der Waals surface area (Å²) in [5.41, 5.74) is 1.95. The van der Waals surface area contributed by atoms with Crippen LogP contribution in [0.25, 0.3) is 0 Å². The van der Waals surface area contributed by atoms with Crippen LogP contribution in [0.15, 0.2) is 53.3 Å². The zero-order valence-corrected chi connectivity index (χ0v) is 17.4. The first-order chi connectivity index (χ1) is 15.1. The summed E-state index contributed by atoms with van der Waals surface area (Å²) in [5.74, 6) is 0.519. The third-order valence-corrected chi connectivity index (χ3v) is 4.34. The minimum Gasteiger partial charge on any atom is -0.497 e. The zero-order chi connectivity index (χ0) is 22.1. The number of esters is 1. The molecule has 0 bridgehead atoms. The highest BCUT2D eigenvalue weighted by Crippen LogP contribution is 2.15. The summed E-state index contributed by atoms with van der Waals surface area (Å²) in [5, 5.41) is 11.0. The van der Waals surface area contributed by atoms with Crippen molar-refractivity contribution in [3.63, 3.8) is 0 Å². The van der Waals surface area contributed by atoms with Gasteiger partial charge in [-0.2, -0.15) is 0 Å². The van der Waals surface area contributed by atoms with E-state index in [0.29, 0.717) is 36.6 Å². The molecule has 0 aliphatic heterocycles. The van der Waals surface area contributed by atoms with E-state index in [2.05, 4.69) is 20.5 Å². The van der Waals surface area contributed by atoms with Crippen molar-refractivity contribution < 1.29 is 19.0 Å². The Kier molecular flexibility index (Phi) is 7.72. The SMILES string of the molecule is CCOCCOC(=O)c1ccc(Nc2nnc(Cc3ccc(OC)cc3)c(=O)[nH]2)cc1. The van der Waals surface area contributed by atoms with Crippen LogP contribution in [-0.2, 0) is 15.9 Å². The molecule has 0 saturated carbocycles. The Labute approximate surface area is 179 Å². The molecule has 0 spiro atoms. The number of hydrogen-bond donors (Lipinski definition) is 2. The summed E-state index contributed by atoms with van der Waals surface area (Å²) in [6.07, 6.45) is 0.354. The predicted octanol–water partition coefficient (Wildman–Crippen LogP) is 2.70. The highest BCUT2D eigenvalue weighted by Gasteiger charge is 2.09. The van der Waals surface area contributed by atoms with Gasteiger partial charge in [0.15, 0.2) is 0 Å². The van der Waals surface area contributed by atoms with Gasteiger partial charge in [0, 0.05) is 18.7 Å². The Hall–Kier alpha value is -3.72. The number of H-pyrrole nitrogens is 1. The fourth-order valence-corrected chi connectivity index (χ4v) is 2.72. The minimum atomic E-state index is -0.428. The second kappa shape index (κ2) is 10.9. The lowest BCUT2D eigenvalue weighted by molar-refractivity contribution is 0.0335. The van der Waals surface area contributed by atoms with Crippen molar-refractivity contribution >= 4 is 17.6 Å². The first-order valence-corrected chi connectivity index (χ1v) is 9.79. The van der Waals surface area contributed by atoms with Crippen molar-refractivity contribution in [2.75, 3.05) is 32.2 Å². The highest BCUT2D eigenvalue weighted by molar-refractivity contribution is 5.89. The molecule has 2 aromatic carbocycles. The molecule has 9 heteroatoms. The summed E-state index contributed by atoms with van der Waals surface area (Å²) < 4.78 is 15.4. The Morgan fingerprint density at radius 1 is 1.03 bits per heavy atom. The van der Waals surface area contributed by atoms with E-state index >= 15 is 0 Å². The van der Waals surface area contributed by atoms with E-state index in [4.69, 9.17) is 14.2 Å². The number of nitrogens with zero attached hydrogens (tertiary/aromatic N) is 2. The predicted molar refractivity (Wildman–Crippen MR) is 115 cm³/mol. The largest absolute Gasteiger partial charge is 0.497 e. The Bertz CT molecular complexity index is 1050. The standard InChI is InChI=1S/C22H24N4O5/c1-3-30-12-13-31-21(28)16-6-8-17(9-7-16)23-22-24-20(27)19(25-26-22)14-15-4-10-18(29-2)11-5-15/h4-11H,3,12-14H2,1-2H3,(H2,23,24,26,27). The number of rotatable bonds is 10. The number of methoxy groups -OCH3 is 1. The number of anilines is 2. The van der Waals surface area contributed by atoms with E-state index in [1.807, 2.05) is 31.2 Å². The number of hydrogen-bond acceptors (Lipinski definition) is 8. The van der Waals surface area contributed by atoms with E-state index in [1.165, 1.54) is 0 Å². The van der Waals surface area contributed by atoms with Crippen LogP contribution in [0.4, 0.5) is 11.6 Å². The maximum absolute atomic E-state index is 12.4. The summed E-state index contributed by atoms with van der Waals surface area (Å²) >= 11 is 0. The number of carbonyl (C=O) groups is 1. The number of aromatic nitrogens is 3. The van der Waals surface area contributed by atoms with Gasteiger partial charge < -0.3 is 19.5 Å². The van der Waals surface area contributed by atoms with Crippen molar-refractivity contribution in [1.82, 2.24) is 15.2 Å². The van der Waals surface area contributed by atoms with Gasteiger partial charge in [0.05, 0.1) is 19.3 Å². The second-order valence-corrected chi connectivity index (χ2v) is 6.51. The van der Waals surface area contributed by atoms with Crippen LogP contribution < -0.4 is 15.6 Å². The first kappa shape index (κ1) is 22.0. The fourth-order valence-electron chi connectivity index (χ4n) is 2.72. The number of nitrogens with one attached hydrogen (secondary N) is 2. The number of benzene rings is 2. The molecular formula is C22H24N4O5.